The van der Waals surface area contributed by atoms with Crippen LogP contribution in [0, 0.1) is 6.92 Å². The molecule has 0 saturated carbocycles. The van der Waals surface area contributed by atoms with E-state index in [0.717, 1.165) is 44.4 Å². The van der Waals surface area contributed by atoms with Gasteiger partial charge in [0.2, 0.25) is 0 Å². The molecule has 1 saturated heterocycles. The van der Waals surface area contributed by atoms with Crippen molar-refractivity contribution in [1.29, 1.82) is 0 Å². The number of benzene rings is 1. The van der Waals surface area contributed by atoms with Crippen molar-refractivity contribution in [2.45, 2.75) is 13.5 Å². The maximum absolute atomic E-state index is 4.45. The number of nitrogens with zero attached hydrogens (tertiary/aromatic N) is 6. The molecule has 4 rings (SSSR count). The molecule has 1 aliphatic heterocycles. The average Bonchev–Trinajstić information content (AvgIpc) is 3.17. The Morgan fingerprint density at radius 2 is 1.80 bits per heavy atom. The number of hydrogen-bond acceptors (Lipinski definition) is 5. The highest BCUT2D eigenvalue weighted by atomic mass is 15.3. The summed E-state index contributed by atoms with van der Waals surface area (Å²) in [5, 5.41) is 4.24. The Balaban J connectivity index is 1.39. The first kappa shape index (κ1) is 15.8. The Morgan fingerprint density at radius 1 is 0.960 bits per heavy atom. The van der Waals surface area contributed by atoms with Crippen LogP contribution in [-0.2, 0) is 6.54 Å². The smallest absolute Gasteiger partial charge is 0.158 e. The van der Waals surface area contributed by atoms with Crippen molar-refractivity contribution in [3.05, 3.63) is 66.2 Å². The summed E-state index contributed by atoms with van der Waals surface area (Å²) < 4.78 is 1.76. The summed E-state index contributed by atoms with van der Waals surface area (Å²) in [6, 6.07) is 12.7. The van der Waals surface area contributed by atoms with E-state index >= 15 is 0 Å². The molecule has 6 nitrogen and oxygen atoms in total. The molecule has 0 radical (unpaired) electrons. The van der Waals surface area contributed by atoms with Gasteiger partial charge in [-0.2, -0.15) is 5.10 Å². The highest BCUT2D eigenvalue weighted by molar-refractivity contribution is 5.43. The Hall–Kier alpha value is -2.73. The highest BCUT2D eigenvalue weighted by Gasteiger charge is 2.18. The summed E-state index contributed by atoms with van der Waals surface area (Å²) in [7, 11) is 0. The molecule has 128 valence electrons. The maximum Gasteiger partial charge on any atom is 0.158 e. The highest BCUT2D eigenvalue weighted by Crippen LogP contribution is 2.17. The Kier molecular flexibility index (Phi) is 4.43. The first-order valence-corrected chi connectivity index (χ1v) is 8.63. The molecule has 0 aliphatic carbocycles. The maximum atomic E-state index is 4.45. The van der Waals surface area contributed by atoms with Gasteiger partial charge in [0.15, 0.2) is 5.82 Å². The van der Waals surface area contributed by atoms with Gasteiger partial charge >= 0.3 is 0 Å². The molecule has 0 spiro atoms. The summed E-state index contributed by atoms with van der Waals surface area (Å²) in [4.78, 5) is 13.6. The first-order valence-electron chi connectivity index (χ1n) is 8.63. The van der Waals surface area contributed by atoms with Crippen molar-refractivity contribution in [2.24, 2.45) is 0 Å². The molecule has 6 heteroatoms. The monoisotopic (exact) mass is 334 g/mol. The molecule has 3 aromatic rings. The predicted molar refractivity (Wildman–Crippen MR) is 97.8 cm³/mol. The number of aryl methyl sites for hydroxylation is 1. The van der Waals surface area contributed by atoms with E-state index in [1.807, 2.05) is 18.3 Å². The molecule has 25 heavy (non-hydrogen) atoms. The van der Waals surface area contributed by atoms with E-state index in [-0.39, 0.29) is 0 Å². The van der Waals surface area contributed by atoms with E-state index in [2.05, 4.69) is 56.1 Å². The van der Waals surface area contributed by atoms with E-state index in [4.69, 9.17) is 0 Å². The van der Waals surface area contributed by atoms with Crippen LogP contribution in [0.4, 0.5) is 5.82 Å². The van der Waals surface area contributed by atoms with Gasteiger partial charge in [0, 0.05) is 51.2 Å². The van der Waals surface area contributed by atoms with Gasteiger partial charge in [-0.3, -0.25) is 4.90 Å². The molecule has 3 heterocycles. The van der Waals surface area contributed by atoms with E-state index in [0.29, 0.717) is 0 Å². The minimum atomic E-state index is 0.803. The fraction of sp³-hybridized carbons (Fsp3) is 0.316. The van der Waals surface area contributed by atoms with Crippen molar-refractivity contribution in [3.63, 3.8) is 0 Å². The number of piperazine rings is 1. The third kappa shape index (κ3) is 3.69. The number of anilines is 1. The molecule has 0 atom stereocenters. The summed E-state index contributed by atoms with van der Waals surface area (Å²) >= 11 is 0. The van der Waals surface area contributed by atoms with Gasteiger partial charge in [-0.1, -0.05) is 29.8 Å². The molecule has 2 aromatic heterocycles. The van der Waals surface area contributed by atoms with E-state index in [1.54, 1.807) is 17.2 Å². The largest absolute Gasteiger partial charge is 0.354 e. The van der Waals surface area contributed by atoms with Crippen LogP contribution < -0.4 is 4.90 Å². The zero-order valence-corrected chi connectivity index (χ0v) is 14.4. The van der Waals surface area contributed by atoms with Gasteiger partial charge in [-0.25, -0.2) is 14.6 Å². The van der Waals surface area contributed by atoms with Crippen LogP contribution >= 0.6 is 0 Å². The third-order valence-corrected chi connectivity index (χ3v) is 4.56. The van der Waals surface area contributed by atoms with Gasteiger partial charge in [0.05, 0.1) is 0 Å². The molecule has 1 aromatic carbocycles. The molecule has 0 amide bonds. The first-order chi connectivity index (χ1) is 12.3. The summed E-state index contributed by atoms with van der Waals surface area (Å²) in [5.41, 5.74) is 2.71. The SMILES string of the molecule is Cc1cccc(CN2CCN(c3cc(-n4cccn4)ncn3)CC2)c1. The average molecular weight is 334 g/mol. The van der Waals surface area contributed by atoms with Gasteiger partial charge in [-0.05, 0) is 18.6 Å². The van der Waals surface area contributed by atoms with E-state index in [9.17, 15) is 0 Å². The minimum absolute atomic E-state index is 0.803. The van der Waals surface area contributed by atoms with Crippen molar-refractivity contribution in [3.8, 4) is 5.82 Å². The van der Waals surface area contributed by atoms with Crippen molar-refractivity contribution in [2.75, 3.05) is 31.1 Å². The van der Waals surface area contributed by atoms with Crippen LogP contribution in [0.1, 0.15) is 11.1 Å². The van der Waals surface area contributed by atoms with Crippen LogP contribution in [0.3, 0.4) is 0 Å². The topological polar surface area (TPSA) is 50.1 Å². The second-order valence-electron chi connectivity index (χ2n) is 6.44. The summed E-state index contributed by atoms with van der Waals surface area (Å²) in [6.07, 6.45) is 5.27. The Bertz CT molecular complexity index is 821. The van der Waals surface area contributed by atoms with Gasteiger partial charge < -0.3 is 4.90 Å². The second kappa shape index (κ2) is 7.03. The molecule has 0 bridgehead atoms. The standard InChI is InChI=1S/C19H22N6/c1-16-4-2-5-17(12-16)14-23-8-10-24(11-9-23)18-13-19(21-15-20-18)25-7-3-6-22-25/h2-7,12-13,15H,8-11,14H2,1H3. The van der Waals surface area contributed by atoms with Crippen LogP contribution in [0.15, 0.2) is 55.1 Å². The Labute approximate surface area is 147 Å². The number of hydrogen-bond donors (Lipinski definition) is 0. The van der Waals surface area contributed by atoms with Crippen molar-refractivity contribution >= 4 is 5.82 Å². The third-order valence-electron chi connectivity index (χ3n) is 4.56. The van der Waals surface area contributed by atoms with Gasteiger partial charge in [-0.15, -0.1) is 0 Å². The summed E-state index contributed by atoms with van der Waals surface area (Å²) in [5.74, 6) is 1.77. The second-order valence-corrected chi connectivity index (χ2v) is 6.44. The number of rotatable bonds is 4. The van der Waals surface area contributed by atoms with Gasteiger partial charge in [0.25, 0.3) is 0 Å². The van der Waals surface area contributed by atoms with E-state index < -0.39 is 0 Å². The molecule has 0 N–H and O–H groups in total. The van der Waals surface area contributed by atoms with Crippen molar-refractivity contribution < 1.29 is 0 Å². The van der Waals surface area contributed by atoms with Gasteiger partial charge in [0.1, 0.15) is 12.1 Å². The molecule has 1 aliphatic rings. The van der Waals surface area contributed by atoms with Crippen LogP contribution in [-0.4, -0.2) is 50.8 Å². The molecule has 1 fully saturated rings. The Morgan fingerprint density at radius 3 is 2.56 bits per heavy atom. The molecular formula is C19H22N6. The fourth-order valence-electron chi connectivity index (χ4n) is 3.24. The molecular weight excluding hydrogens is 312 g/mol. The van der Waals surface area contributed by atoms with Crippen LogP contribution in [0.2, 0.25) is 0 Å². The van der Waals surface area contributed by atoms with Crippen LogP contribution in [0.5, 0.6) is 0 Å². The predicted octanol–water partition coefficient (Wildman–Crippen LogP) is 2.29. The number of aromatic nitrogens is 4. The quantitative estimate of drug-likeness (QED) is 0.733. The lowest BCUT2D eigenvalue weighted by atomic mass is 10.1. The van der Waals surface area contributed by atoms with E-state index in [1.165, 1.54) is 11.1 Å². The normalized spacial score (nSPS) is 15.5. The minimum Gasteiger partial charge on any atom is -0.354 e. The van der Waals surface area contributed by atoms with Crippen molar-refractivity contribution in [1.82, 2.24) is 24.6 Å². The van der Waals surface area contributed by atoms with Crippen LogP contribution in [0.25, 0.3) is 5.82 Å². The lowest BCUT2D eigenvalue weighted by molar-refractivity contribution is 0.249. The fourth-order valence-corrected chi connectivity index (χ4v) is 3.24. The lowest BCUT2D eigenvalue weighted by Crippen LogP contribution is -2.46. The zero-order chi connectivity index (χ0) is 17.1. The lowest BCUT2D eigenvalue weighted by Gasteiger charge is -2.35. The zero-order valence-electron chi connectivity index (χ0n) is 14.4. The summed E-state index contributed by atoms with van der Waals surface area (Å²) in [6.45, 7) is 7.18. The molecule has 0 unspecified atom stereocenters.